The highest BCUT2D eigenvalue weighted by atomic mass is 35.5. The van der Waals surface area contributed by atoms with Crippen LogP contribution >= 0.6 is 11.6 Å². The van der Waals surface area contributed by atoms with E-state index >= 15 is 0 Å². The van der Waals surface area contributed by atoms with E-state index in [2.05, 4.69) is 0 Å². The minimum absolute atomic E-state index is 0.126. The van der Waals surface area contributed by atoms with E-state index in [1.165, 1.54) is 0 Å². The molecule has 0 saturated heterocycles. The molecule has 0 unspecified atom stereocenters. The summed E-state index contributed by atoms with van der Waals surface area (Å²) in [6, 6.07) is 5.79. The maximum atomic E-state index is 10.7. The van der Waals surface area contributed by atoms with Crippen molar-refractivity contribution in [3.8, 4) is 0 Å². The van der Waals surface area contributed by atoms with Gasteiger partial charge in [0.2, 0.25) is 0 Å². The minimum Gasteiger partial charge on any atom is -0.481 e. The van der Waals surface area contributed by atoms with Gasteiger partial charge in [-0.15, -0.1) is 0 Å². The summed E-state index contributed by atoms with van der Waals surface area (Å²) in [5.74, 6) is -0.817. The lowest BCUT2D eigenvalue weighted by Gasteiger charge is -2.03. The zero-order valence-electron chi connectivity index (χ0n) is 7.83. The number of carboxylic acids is 1. The van der Waals surface area contributed by atoms with Crippen LogP contribution in [0.5, 0.6) is 0 Å². The van der Waals surface area contributed by atoms with Gasteiger partial charge in [-0.05, 0) is 36.5 Å². The average Bonchev–Trinajstić information content (AvgIpc) is 2.83. The van der Waals surface area contributed by atoms with Crippen LogP contribution in [0.25, 0.3) is 0 Å². The van der Waals surface area contributed by atoms with Gasteiger partial charge in [-0.1, -0.05) is 23.7 Å². The van der Waals surface area contributed by atoms with Crippen molar-refractivity contribution in [2.24, 2.45) is 5.92 Å². The molecule has 0 amide bonds. The molecule has 1 aliphatic rings. The molecule has 0 aliphatic heterocycles. The molecule has 1 aromatic rings. The summed E-state index contributed by atoms with van der Waals surface area (Å²) >= 11 is 6.04. The molecular weight excluding hydrogens is 200 g/mol. The standard InChI is InChI=1S/C11H11ClO2/c1-6-2-3-7(10(12)4-6)8-5-9(8)11(13)14/h2-4,8-9H,5H2,1H3,(H,13,14)/t8-,9+/m0/s1. The zero-order chi connectivity index (χ0) is 10.3. The maximum absolute atomic E-state index is 10.7. The van der Waals surface area contributed by atoms with Gasteiger partial charge < -0.3 is 5.11 Å². The van der Waals surface area contributed by atoms with Gasteiger partial charge in [0, 0.05) is 5.02 Å². The zero-order valence-corrected chi connectivity index (χ0v) is 8.58. The molecule has 1 aliphatic carbocycles. The first kappa shape index (κ1) is 9.53. The van der Waals surface area contributed by atoms with Gasteiger partial charge in [-0.25, -0.2) is 0 Å². The fourth-order valence-corrected chi connectivity index (χ4v) is 2.12. The number of halogens is 1. The third kappa shape index (κ3) is 1.62. The van der Waals surface area contributed by atoms with E-state index in [9.17, 15) is 4.79 Å². The van der Waals surface area contributed by atoms with Gasteiger partial charge in [0.05, 0.1) is 5.92 Å². The van der Waals surface area contributed by atoms with Crippen molar-refractivity contribution in [1.82, 2.24) is 0 Å². The van der Waals surface area contributed by atoms with E-state index in [4.69, 9.17) is 16.7 Å². The number of benzene rings is 1. The largest absolute Gasteiger partial charge is 0.481 e. The summed E-state index contributed by atoms with van der Waals surface area (Å²) in [6.45, 7) is 1.97. The molecule has 74 valence electrons. The van der Waals surface area contributed by atoms with Gasteiger partial charge in [-0.3, -0.25) is 4.79 Å². The minimum atomic E-state index is -0.716. The normalized spacial score (nSPS) is 24.7. The molecule has 0 aromatic heterocycles. The molecule has 1 saturated carbocycles. The number of carboxylic acid groups (broad SMARTS) is 1. The number of hydrogen-bond donors (Lipinski definition) is 1. The molecule has 2 nitrogen and oxygen atoms in total. The Kier molecular flexibility index (Phi) is 2.23. The van der Waals surface area contributed by atoms with Crippen molar-refractivity contribution in [2.75, 3.05) is 0 Å². The Morgan fingerprint density at radius 3 is 2.79 bits per heavy atom. The molecule has 0 radical (unpaired) electrons. The van der Waals surface area contributed by atoms with Crippen LogP contribution in [0, 0.1) is 12.8 Å². The Bertz CT molecular complexity index is 387. The Hall–Kier alpha value is -1.02. The molecule has 1 fully saturated rings. The second kappa shape index (κ2) is 3.28. The summed E-state index contributed by atoms with van der Waals surface area (Å²) in [5.41, 5.74) is 2.08. The van der Waals surface area contributed by atoms with Gasteiger partial charge >= 0.3 is 5.97 Å². The lowest BCUT2D eigenvalue weighted by atomic mass is 10.1. The van der Waals surface area contributed by atoms with Crippen LogP contribution < -0.4 is 0 Å². The van der Waals surface area contributed by atoms with Crippen LogP contribution in [0.3, 0.4) is 0 Å². The van der Waals surface area contributed by atoms with Crippen LogP contribution in [0.2, 0.25) is 5.02 Å². The third-order valence-electron chi connectivity index (χ3n) is 2.66. The fraction of sp³-hybridized carbons (Fsp3) is 0.364. The summed E-state index contributed by atoms with van der Waals surface area (Å²) in [5, 5.41) is 9.48. The number of rotatable bonds is 2. The molecular formula is C11H11ClO2. The summed E-state index contributed by atoms with van der Waals surface area (Å²) in [7, 11) is 0. The van der Waals surface area contributed by atoms with Crippen LogP contribution in [0.15, 0.2) is 18.2 Å². The van der Waals surface area contributed by atoms with Gasteiger partial charge in [0.15, 0.2) is 0 Å². The fourth-order valence-electron chi connectivity index (χ4n) is 1.74. The monoisotopic (exact) mass is 210 g/mol. The lowest BCUT2D eigenvalue weighted by molar-refractivity contribution is -0.138. The number of aliphatic carboxylic acids is 1. The molecule has 0 heterocycles. The number of aryl methyl sites for hydroxylation is 1. The third-order valence-corrected chi connectivity index (χ3v) is 2.99. The van der Waals surface area contributed by atoms with E-state index < -0.39 is 5.97 Å². The van der Waals surface area contributed by atoms with Gasteiger partial charge in [0.25, 0.3) is 0 Å². The van der Waals surface area contributed by atoms with Crippen molar-refractivity contribution in [3.63, 3.8) is 0 Å². The molecule has 2 atom stereocenters. The highest BCUT2D eigenvalue weighted by Gasteiger charge is 2.44. The highest BCUT2D eigenvalue weighted by Crippen LogP contribution is 2.49. The van der Waals surface area contributed by atoms with Crippen molar-refractivity contribution in [3.05, 3.63) is 34.3 Å². The van der Waals surface area contributed by atoms with Crippen molar-refractivity contribution in [2.45, 2.75) is 19.3 Å². The maximum Gasteiger partial charge on any atom is 0.307 e. The van der Waals surface area contributed by atoms with Crippen LogP contribution in [-0.4, -0.2) is 11.1 Å². The molecule has 1 N–H and O–H groups in total. The first-order chi connectivity index (χ1) is 6.59. The molecule has 0 spiro atoms. The van der Waals surface area contributed by atoms with Crippen molar-refractivity contribution in [1.29, 1.82) is 0 Å². The summed E-state index contributed by atoms with van der Waals surface area (Å²) < 4.78 is 0. The first-order valence-electron chi connectivity index (χ1n) is 4.58. The predicted molar refractivity (Wildman–Crippen MR) is 54.7 cm³/mol. The second-order valence-electron chi connectivity index (χ2n) is 3.81. The Balaban J connectivity index is 2.23. The molecule has 0 bridgehead atoms. The van der Waals surface area contributed by atoms with Crippen LogP contribution in [-0.2, 0) is 4.79 Å². The number of hydrogen-bond acceptors (Lipinski definition) is 1. The van der Waals surface area contributed by atoms with Crippen LogP contribution in [0.1, 0.15) is 23.5 Å². The molecule has 1 aromatic carbocycles. The van der Waals surface area contributed by atoms with Crippen molar-refractivity contribution < 1.29 is 9.90 Å². The van der Waals surface area contributed by atoms with Crippen LogP contribution in [0.4, 0.5) is 0 Å². The molecule has 2 rings (SSSR count). The van der Waals surface area contributed by atoms with E-state index in [0.29, 0.717) is 5.02 Å². The number of carbonyl (C=O) groups is 1. The highest BCUT2D eigenvalue weighted by molar-refractivity contribution is 6.31. The molecule has 3 heteroatoms. The van der Waals surface area contributed by atoms with Gasteiger partial charge in [-0.2, -0.15) is 0 Å². The van der Waals surface area contributed by atoms with Gasteiger partial charge in [0.1, 0.15) is 0 Å². The lowest BCUT2D eigenvalue weighted by Crippen LogP contribution is -1.99. The quantitative estimate of drug-likeness (QED) is 0.815. The molecule has 14 heavy (non-hydrogen) atoms. The average molecular weight is 211 g/mol. The van der Waals surface area contributed by atoms with E-state index in [0.717, 1.165) is 17.5 Å². The predicted octanol–water partition coefficient (Wildman–Crippen LogP) is 2.84. The Morgan fingerprint density at radius 1 is 1.57 bits per heavy atom. The SMILES string of the molecule is Cc1ccc([C@@H]2C[C@H]2C(=O)O)c(Cl)c1. The van der Waals surface area contributed by atoms with E-state index in [-0.39, 0.29) is 11.8 Å². The first-order valence-corrected chi connectivity index (χ1v) is 4.96. The topological polar surface area (TPSA) is 37.3 Å². The summed E-state index contributed by atoms with van der Waals surface area (Å²) in [4.78, 5) is 10.7. The second-order valence-corrected chi connectivity index (χ2v) is 4.22. The Morgan fingerprint density at radius 2 is 2.29 bits per heavy atom. The smallest absolute Gasteiger partial charge is 0.307 e. The van der Waals surface area contributed by atoms with Crippen molar-refractivity contribution >= 4 is 17.6 Å². The van der Waals surface area contributed by atoms with E-state index in [1.807, 2.05) is 25.1 Å². The van der Waals surface area contributed by atoms with E-state index in [1.54, 1.807) is 0 Å². The summed E-state index contributed by atoms with van der Waals surface area (Å²) in [6.07, 6.45) is 0.720. The Labute approximate surface area is 87.5 Å².